The van der Waals surface area contributed by atoms with Crippen molar-refractivity contribution in [2.45, 2.75) is 110 Å². The lowest BCUT2D eigenvalue weighted by Gasteiger charge is -2.38. The molecule has 0 atom stereocenters. The lowest BCUT2D eigenvalue weighted by molar-refractivity contribution is -0.00641. The maximum absolute atomic E-state index is 12.9. The second-order valence-electron chi connectivity index (χ2n) is 13.7. The first-order valence-electron chi connectivity index (χ1n) is 14.5. The molecular weight excluding hydrogens is 506 g/mol. The Kier molecular flexibility index (Phi) is 7.21. The Morgan fingerprint density at radius 1 is 1.00 bits per heavy atom. The third-order valence-electron chi connectivity index (χ3n) is 7.37. The number of ether oxygens (including phenoxy) is 2. The third kappa shape index (κ3) is 6.18. The topological polar surface area (TPSA) is 91.5 Å². The molecule has 3 aromatic rings. The summed E-state index contributed by atoms with van der Waals surface area (Å²) in [5, 5.41) is 6.19. The monoisotopic (exact) mass is 549 g/mol. The quantitative estimate of drug-likeness (QED) is 0.316. The number of carbonyl (C=O) groups excluding carboxylic acids is 2. The minimum Gasteiger partial charge on any atom is -0.443 e. The van der Waals surface area contributed by atoms with Crippen molar-refractivity contribution in [2.24, 2.45) is 5.92 Å². The van der Waals surface area contributed by atoms with Gasteiger partial charge >= 0.3 is 12.2 Å². The molecule has 0 saturated heterocycles. The molecular formula is C31H43N5O4. The van der Waals surface area contributed by atoms with Crippen LogP contribution in [0.1, 0.15) is 105 Å². The Bertz CT molecular complexity index is 1370. The molecule has 0 aromatic carbocycles. The van der Waals surface area contributed by atoms with Crippen LogP contribution in [0, 0.1) is 5.92 Å². The number of fused-ring (bicyclic) bond motifs is 1. The molecule has 2 aliphatic rings. The van der Waals surface area contributed by atoms with E-state index in [4.69, 9.17) is 19.6 Å². The molecule has 0 spiro atoms. The number of imide groups is 1. The summed E-state index contributed by atoms with van der Waals surface area (Å²) < 4.78 is 15.3. The maximum atomic E-state index is 12.9. The molecule has 2 amide bonds. The van der Waals surface area contributed by atoms with Crippen molar-refractivity contribution in [3.63, 3.8) is 0 Å². The van der Waals surface area contributed by atoms with Gasteiger partial charge in [-0.05, 0) is 105 Å². The first-order chi connectivity index (χ1) is 18.7. The van der Waals surface area contributed by atoms with Gasteiger partial charge < -0.3 is 14.0 Å². The van der Waals surface area contributed by atoms with Crippen molar-refractivity contribution >= 4 is 23.2 Å². The predicted octanol–water partition coefficient (Wildman–Crippen LogP) is 7.48. The van der Waals surface area contributed by atoms with E-state index in [2.05, 4.69) is 53.7 Å². The lowest BCUT2D eigenvalue weighted by Crippen LogP contribution is -2.47. The molecule has 2 fully saturated rings. The highest BCUT2D eigenvalue weighted by molar-refractivity contribution is 5.88. The predicted molar refractivity (Wildman–Crippen MR) is 154 cm³/mol. The molecule has 40 heavy (non-hydrogen) atoms. The van der Waals surface area contributed by atoms with Gasteiger partial charge in [0.2, 0.25) is 0 Å². The first-order valence-corrected chi connectivity index (χ1v) is 14.5. The highest BCUT2D eigenvalue weighted by Gasteiger charge is 2.39. The van der Waals surface area contributed by atoms with Gasteiger partial charge in [-0.3, -0.25) is 4.68 Å². The van der Waals surface area contributed by atoms with Crippen LogP contribution in [0.3, 0.4) is 0 Å². The largest absolute Gasteiger partial charge is 0.443 e. The number of hydrogen-bond acceptors (Lipinski definition) is 6. The Labute approximate surface area is 236 Å². The fraction of sp³-hybridized carbons (Fsp3) is 0.613. The summed E-state index contributed by atoms with van der Waals surface area (Å²) in [6.45, 7) is 15.3. The number of aromatic nitrogens is 4. The standard InChI is InChI=1S/C31H43N5O4/c1-19(2)34-14-13-22-11-12-25(32-27(22)34)24-18-36(33-26(24)21-9-10-21)23-15-20(16-23)17-35(28(37)39-30(3,4)5)29(38)40-31(6,7)8/h11-14,18-21,23H,9-10,15-17H2,1-8H3. The number of amides is 2. The van der Waals surface area contributed by atoms with Crippen LogP contribution in [-0.4, -0.2) is 54.2 Å². The van der Waals surface area contributed by atoms with E-state index in [0.29, 0.717) is 12.0 Å². The van der Waals surface area contributed by atoms with Gasteiger partial charge in [-0.15, -0.1) is 0 Å². The van der Waals surface area contributed by atoms with Gasteiger partial charge in [0, 0.05) is 41.8 Å². The molecule has 9 nitrogen and oxygen atoms in total. The van der Waals surface area contributed by atoms with Gasteiger partial charge in [0.1, 0.15) is 16.8 Å². The van der Waals surface area contributed by atoms with Gasteiger partial charge in [0.25, 0.3) is 0 Å². The van der Waals surface area contributed by atoms with Gasteiger partial charge in [-0.1, -0.05) is 0 Å². The Hall–Kier alpha value is -3.36. The fourth-order valence-corrected chi connectivity index (χ4v) is 5.22. The summed E-state index contributed by atoms with van der Waals surface area (Å²) in [6, 6.07) is 6.90. The SMILES string of the molecule is CC(C)n1ccc2ccc(-c3cn(C4CC(CN(C(=O)OC(C)(C)C)C(=O)OC(C)(C)C)C4)nc3C3CC3)nc21. The molecule has 5 rings (SSSR count). The van der Waals surface area contributed by atoms with Gasteiger partial charge in [0.05, 0.1) is 17.4 Å². The summed E-state index contributed by atoms with van der Waals surface area (Å²) in [4.78, 5) is 32.0. The van der Waals surface area contributed by atoms with Crippen LogP contribution in [0.4, 0.5) is 9.59 Å². The summed E-state index contributed by atoms with van der Waals surface area (Å²) in [5.41, 5.74) is 2.76. The Morgan fingerprint density at radius 3 is 2.17 bits per heavy atom. The van der Waals surface area contributed by atoms with E-state index in [-0.39, 0.29) is 18.5 Å². The second-order valence-corrected chi connectivity index (χ2v) is 13.7. The second kappa shape index (κ2) is 10.2. The highest BCUT2D eigenvalue weighted by Crippen LogP contribution is 2.46. The Morgan fingerprint density at radius 2 is 1.62 bits per heavy atom. The summed E-state index contributed by atoms with van der Waals surface area (Å²) >= 11 is 0. The first kappa shape index (κ1) is 28.2. The van der Waals surface area contributed by atoms with Gasteiger partial charge in [-0.25, -0.2) is 19.5 Å². The molecule has 0 bridgehead atoms. The van der Waals surface area contributed by atoms with Crippen molar-refractivity contribution in [3.05, 3.63) is 36.3 Å². The van der Waals surface area contributed by atoms with Crippen molar-refractivity contribution in [1.29, 1.82) is 0 Å². The van der Waals surface area contributed by atoms with Crippen LogP contribution in [-0.2, 0) is 9.47 Å². The zero-order valence-corrected chi connectivity index (χ0v) is 25.1. The van der Waals surface area contributed by atoms with E-state index in [1.807, 2.05) is 0 Å². The third-order valence-corrected chi connectivity index (χ3v) is 7.37. The van der Waals surface area contributed by atoms with E-state index in [9.17, 15) is 9.59 Å². The number of pyridine rings is 1. The fourth-order valence-electron chi connectivity index (χ4n) is 5.22. The van der Waals surface area contributed by atoms with E-state index in [1.54, 1.807) is 41.5 Å². The summed E-state index contributed by atoms with van der Waals surface area (Å²) in [7, 11) is 0. The van der Waals surface area contributed by atoms with E-state index >= 15 is 0 Å². The molecule has 3 heterocycles. The highest BCUT2D eigenvalue weighted by atomic mass is 16.6. The van der Waals surface area contributed by atoms with Crippen LogP contribution in [0.15, 0.2) is 30.6 Å². The molecule has 0 unspecified atom stereocenters. The average Bonchev–Trinajstić information content (AvgIpc) is 3.40. The smallest absolute Gasteiger partial charge is 0.419 e. The van der Waals surface area contributed by atoms with Crippen LogP contribution in [0.25, 0.3) is 22.3 Å². The molecule has 3 aromatic heterocycles. The van der Waals surface area contributed by atoms with Crippen LogP contribution in [0.5, 0.6) is 0 Å². The zero-order valence-electron chi connectivity index (χ0n) is 25.1. The molecule has 0 radical (unpaired) electrons. The molecule has 2 saturated carbocycles. The normalized spacial score (nSPS) is 19.5. The Balaban J connectivity index is 1.32. The molecule has 2 aliphatic carbocycles. The van der Waals surface area contributed by atoms with Gasteiger partial charge in [-0.2, -0.15) is 5.10 Å². The van der Waals surface area contributed by atoms with E-state index in [1.165, 1.54) is 0 Å². The van der Waals surface area contributed by atoms with Crippen LogP contribution in [0.2, 0.25) is 0 Å². The maximum Gasteiger partial charge on any atom is 0.419 e. The number of carbonyl (C=O) groups is 2. The number of rotatable bonds is 6. The molecule has 216 valence electrons. The lowest BCUT2D eigenvalue weighted by atomic mass is 9.80. The van der Waals surface area contributed by atoms with E-state index < -0.39 is 23.4 Å². The van der Waals surface area contributed by atoms with E-state index in [0.717, 1.165) is 58.6 Å². The van der Waals surface area contributed by atoms with Crippen molar-refractivity contribution < 1.29 is 19.1 Å². The van der Waals surface area contributed by atoms with Crippen molar-refractivity contribution in [1.82, 2.24) is 24.2 Å². The van der Waals surface area contributed by atoms with Crippen LogP contribution < -0.4 is 0 Å². The minimum atomic E-state index is -0.710. The molecule has 9 heteroatoms. The summed E-state index contributed by atoms with van der Waals surface area (Å²) in [6.07, 6.45) is 6.84. The zero-order chi connectivity index (χ0) is 29.0. The average molecular weight is 550 g/mol. The molecule has 0 N–H and O–H groups in total. The van der Waals surface area contributed by atoms with Crippen LogP contribution >= 0.6 is 0 Å². The van der Waals surface area contributed by atoms with Gasteiger partial charge in [0.15, 0.2) is 0 Å². The molecule has 0 aliphatic heterocycles. The summed E-state index contributed by atoms with van der Waals surface area (Å²) in [5.74, 6) is 0.627. The van der Waals surface area contributed by atoms with Crippen molar-refractivity contribution in [3.8, 4) is 11.3 Å². The number of hydrogen-bond donors (Lipinski definition) is 0. The number of nitrogens with zero attached hydrogens (tertiary/aromatic N) is 5. The van der Waals surface area contributed by atoms with Crippen molar-refractivity contribution in [2.75, 3.05) is 6.54 Å². The minimum absolute atomic E-state index is 0.144.